The lowest BCUT2D eigenvalue weighted by molar-refractivity contribution is -0.141. The highest BCUT2D eigenvalue weighted by Crippen LogP contribution is 2.28. The van der Waals surface area contributed by atoms with Crippen LogP contribution in [0.5, 0.6) is 0 Å². The lowest BCUT2D eigenvalue weighted by Gasteiger charge is -2.36. The quantitative estimate of drug-likeness (QED) is 0.909. The van der Waals surface area contributed by atoms with E-state index in [-0.39, 0.29) is 18.2 Å². The van der Waals surface area contributed by atoms with Crippen molar-refractivity contribution in [2.75, 3.05) is 23.3 Å². The predicted octanol–water partition coefficient (Wildman–Crippen LogP) is 3.85. The highest BCUT2D eigenvalue weighted by Gasteiger charge is 2.32. The molecule has 134 valence electrons. The summed E-state index contributed by atoms with van der Waals surface area (Å²) in [5.74, 6) is -0.0869. The zero-order valence-corrected chi connectivity index (χ0v) is 13.9. The zero-order chi connectivity index (χ0) is 18.0. The van der Waals surface area contributed by atoms with Crippen molar-refractivity contribution in [3.63, 3.8) is 0 Å². The van der Waals surface area contributed by atoms with Gasteiger partial charge in [0.05, 0.1) is 12.2 Å². The number of nitrogens with one attached hydrogen (secondary N) is 1. The van der Waals surface area contributed by atoms with Gasteiger partial charge in [-0.25, -0.2) is 9.97 Å². The van der Waals surface area contributed by atoms with Crippen LogP contribution in [-0.4, -0.2) is 35.3 Å². The third-order valence-electron chi connectivity index (χ3n) is 3.85. The SMILES string of the molecule is CC1CN(c2ccc(Nc3nccc(C(F)(F)F)n3)cc2)CC(C)O1. The zero-order valence-electron chi connectivity index (χ0n) is 13.9. The summed E-state index contributed by atoms with van der Waals surface area (Å²) in [5.41, 5.74) is 0.688. The minimum Gasteiger partial charge on any atom is -0.372 e. The van der Waals surface area contributed by atoms with Crippen LogP contribution in [0.4, 0.5) is 30.5 Å². The van der Waals surface area contributed by atoms with Gasteiger partial charge in [0, 0.05) is 30.7 Å². The van der Waals surface area contributed by atoms with Crippen LogP contribution < -0.4 is 10.2 Å². The minimum absolute atomic E-state index is 0.0869. The molecule has 0 bridgehead atoms. The Balaban J connectivity index is 1.71. The summed E-state index contributed by atoms with van der Waals surface area (Å²) in [6.45, 7) is 5.66. The molecule has 2 heterocycles. The van der Waals surface area contributed by atoms with Gasteiger partial charge >= 0.3 is 6.18 Å². The van der Waals surface area contributed by atoms with Crippen LogP contribution in [0.2, 0.25) is 0 Å². The third-order valence-corrected chi connectivity index (χ3v) is 3.85. The second-order valence-corrected chi connectivity index (χ2v) is 6.10. The number of halogens is 3. The Kier molecular flexibility index (Phi) is 4.80. The van der Waals surface area contributed by atoms with E-state index in [0.717, 1.165) is 31.0 Å². The van der Waals surface area contributed by atoms with Crippen LogP contribution in [0.3, 0.4) is 0 Å². The van der Waals surface area contributed by atoms with Crippen molar-refractivity contribution in [3.8, 4) is 0 Å². The van der Waals surface area contributed by atoms with E-state index in [1.165, 1.54) is 0 Å². The Morgan fingerprint density at radius 3 is 2.32 bits per heavy atom. The van der Waals surface area contributed by atoms with Crippen molar-refractivity contribution in [1.82, 2.24) is 9.97 Å². The van der Waals surface area contributed by atoms with E-state index in [0.29, 0.717) is 5.69 Å². The maximum atomic E-state index is 12.7. The van der Waals surface area contributed by atoms with E-state index in [1.807, 2.05) is 26.0 Å². The highest BCUT2D eigenvalue weighted by molar-refractivity contribution is 5.59. The van der Waals surface area contributed by atoms with Gasteiger partial charge in [0.25, 0.3) is 0 Å². The largest absolute Gasteiger partial charge is 0.433 e. The number of rotatable bonds is 3. The van der Waals surface area contributed by atoms with Gasteiger partial charge in [0.2, 0.25) is 5.95 Å². The maximum Gasteiger partial charge on any atom is 0.433 e. The molecule has 1 aromatic heterocycles. The first-order valence-corrected chi connectivity index (χ1v) is 7.99. The van der Waals surface area contributed by atoms with Crippen molar-refractivity contribution in [2.45, 2.75) is 32.2 Å². The summed E-state index contributed by atoms with van der Waals surface area (Å²) in [6.07, 6.45) is -3.10. The van der Waals surface area contributed by atoms with Crippen LogP contribution in [0.1, 0.15) is 19.5 Å². The molecule has 1 aliphatic rings. The van der Waals surface area contributed by atoms with Gasteiger partial charge in [-0.05, 0) is 44.2 Å². The highest BCUT2D eigenvalue weighted by atomic mass is 19.4. The first-order chi connectivity index (χ1) is 11.8. The Morgan fingerprint density at radius 1 is 1.08 bits per heavy atom. The molecule has 1 N–H and O–H groups in total. The number of alkyl halides is 3. The molecule has 0 saturated carbocycles. The van der Waals surface area contributed by atoms with Gasteiger partial charge in [-0.1, -0.05) is 0 Å². The number of morpholine rings is 1. The summed E-state index contributed by atoms with van der Waals surface area (Å²) < 4.78 is 43.8. The molecule has 1 fully saturated rings. The number of hydrogen-bond donors (Lipinski definition) is 1. The predicted molar refractivity (Wildman–Crippen MR) is 89.0 cm³/mol. The number of aromatic nitrogens is 2. The fraction of sp³-hybridized carbons (Fsp3) is 0.412. The normalized spacial score (nSPS) is 21.2. The van der Waals surface area contributed by atoms with Gasteiger partial charge < -0.3 is 15.0 Å². The van der Waals surface area contributed by atoms with Crippen molar-refractivity contribution in [3.05, 3.63) is 42.2 Å². The van der Waals surface area contributed by atoms with Crippen molar-refractivity contribution >= 4 is 17.3 Å². The molecule has 3 rings (SSSR count). The van der Waals surface area contributed by atoms with E-state index < -0.39 is 11.9 Å². The van der Waals surface area contributed by atoms with E-state index in [2.05, 4.69) is 20.2 Å². The molecule has 0 spiro atoms. The van der Waals surface area contributed by atoms with Crippen LogP contribution in [0, 0.1) is 0 Å². The molecule has 8 heteroatoms. The molecule has 1 aromatic carbocycles. The van der Waals surface area contributed by atoms with E-state index >= 15 is 0 Å². The molecule has 1 aliphatic heterocycles. The number of hydrogen-bond acceptors (Lipinski definition) is 5. The van der Waals surface area contributed by atoms with Crippen LogP contribution >= 0.6 is 0 Å². The Hall–Kier alpha value is -2.35. The van der Waals surface area contributed by atoms with Gasteiger partial charge in [0.1, 0.15) is 5.69 Å². The molecule has 0 amide bonds. The number of ether oxygens (including phenoxy) is 1. The summed E-state index contributed by atoms with van der Waals surface area (Å²) in [4.78, 5) is 9.55. The van der Waals surface area contributed by atoms with Crippen LogP contribution in [0.25, 0.3) is 0 Å². The maximum absolute atomic E-state index is 12.7. The van der Waals surface area contributed by atoms with Crippen molar-refractivity contribution in [1.29, 1.82) is 0 Å². The third kappa shape index (κ3) is 4.39. The fourth-order valence-electron chi connectivity index (χ4n) is 2.85. The number of nitrogens with zero attached hydrogens (tertiary/aromatic N) is 3. The minimum atomic E-state index is -4.49. The first kappa shape index (κ1) is 17.5. The van der Waals surface area contributed by atoms with E-state index in [1.54, 1.807) is 12.1 Å². The monoisotopic (exact) mass is 352 g/mol. The molecule has 2 aromatic rings. The Bertz CT molecular complexity index is 711. The van der Waals surface area contributed by atoms with Crippen molar-refractivity contribution in [2.24, 2.45) is 0 Å². The van der Waals surface area contributed by atoms with Gasteiger partial charge in [-0.3, -0.25) is 0 Å². The summed E-state index contributed by atoms with van der Waals surface area (Å²) in [6, 6.07) is 8.27. The molecule has 2 unspecified atom stereocenters. The second-order valence-electron chi connectivity index (χ2n) is 6.10. The Labute approximate surface area is 143 Å². The second kappa shape index (κ2) is 6.87. The molecular weight excluding hydrogens is 333 g/mol. The lowest BCUT2D eigenvalue weighted by atomic mass is 10.2. The molecule has 2 atom stereocenters. The molecule has 1 saturated heterocycles. The lowest BCUT2D eigenvalue weighted by Crippen LogP contribution is -2.45. The molecular formula is C17H19F3N4O. The summed E-state index contributed by atoms with van der Waals surface area (Å²) in [5, 5.41) is 2.80. The number of benzene rings is 1. The first-order valence-electron chi connectivity index (χ1n) is 7.99. The van der Waals surface area contributed by atoms with Gasteiger partial charge in [-0.15, -0.1) is 0 Å². The summed E-state index contributed by atoms with van der Waals surface area (Å²) >= 11 is 0. The topological polar surface area (TPSA) is 50.3 Å². The molecule has 5 nitrogen and oxygen atoms in total. The number of anilines is 3. The average Bonchev–Trinajstić information content (AvgIpc) is 2.54. The smallest absolute Gasteiger partial charge is 0.372 e. The summed E-state index contributed by atoms with van der Waals surface area (Å²) in [7, 11) is 0. The Morgan fingerprint density at radius 2 is 1.72 bits per heavy atom. The molecule has 0 aliphatic carbocycles. The molecule has 0 radical (unpaired) electrons. The van der Waals surface area contributed by atoms with E-state index in [4.69, 9.17) is 4.74 Å². The van der Waals surface area contributed by atoms with Gasteiger partial charge in [0.15, 0.2) is 0 Å². The van der Waals surface area contributed by atoms with Crippen molar-refractivity contribution < 1.29 is 17.9 Å². The fourth-order valence-corrected chi connectivity index (χ4v) is 2.85. The van der Waals surface area contributed by atoms with Crippen LogP contribution in [0.15, 0.2) is 36.5 Å². The van der Waals surface area contributed by atoms with Gasteiger partial charge in [-0.2, -0.15) is 13.2 Å². The van der Waals surface area contributed by atoms with Crippen LogP contribution in [-0.2, 0) is 10.9 Å². The van der Waals surface area contributed by atoms with E-state index in [9.17, 15) is 13.2 Å². The molecule has 25 heavy (non-hydrogen) atoms. The average molecular weight is 352 g/mol. The standard InChI is InChI=1S/C17H19F3N4O/c1-11-9-24(10-12(2)25-11)14-5-3-13(4-6-14)22-16-21-8-7-15(23-16)17(18,19)20/h3-8,11-12H,9-10H2,1-2H3,(H,21,22,23).